The van der Waals surface area contributed by atoms with Crippen LogP contribution in [0.1, 0.15) is 5.56 Å². The average molecular weight is 482 g/mol. The highest BCUT2D eigenvalue weighted by Crippen LogP contribution is 2.36. The van der Waals surface area contributed by atoms with Crippen LogP contribution < -0.4 is 14.2 Å². The summed E-state index contributed by atoms with van der Waals surface area (Å²) in [5.41, 5.74) is 3.02. The van der Waals surface area contributed by atoms with Gasteiger partial charge in [0.05, 0.1) is 21.3 Å². The fourth-order valence-electron chi connectivity index (χ4n) is 3.22. The molecule has 0 aliphatic carbocycles. The van der Waals surface area contributed by atoms with Gasteiger partial charge in [0.15, 0.2) is 28.8 Å². The van der Waals surface area contributed by atoms with Gasteiger partial charge in [-0.15, -0.1) is 0 Å². The summed E-state index contributed by atoms with van der Waals surface area (Å²) >= 11 is 3.51. The van der Waals surface area contributed by atoms with Crippen molar-refractivity contribution in [1.82, 2.24) is 9.38 Å². The number of aliphatic imine (C=N–C) groups is 1. The summed E-state index contributed by atoms with van der Waals surface area (Å²) in [6.45, 7) is 0. The van der Waals surface area contributed by atoms with Gasteiger partial charge in [0.25, 0.3) is 0 Å². The molecule has 1 N–H and O–H groups in total. The minimum atomic E-state index is 0.0631. The fourth-order valence-corrected chi connectivity index (χ4v) is 3.55. The SMILES string of the molecule is COc1cc(-c2nc3ccc(Br)cn3c2N=Cc2ccc(OC)c(OC)c2)ccc1O. The predicted molar refractivity (Wildman–Crippen MR) is 123 cm³/mol. The van der Waals surface area contributed by atoms with Crippen molar-refractivity contribution in [3.05, 3.63) is 64.8 Å². The number of aromatic nitrogens is 2. The van der Waals surface area contributed by atoms with E-state index in [1.807, 2.05) is 40.9 Å². The van der Waals surface area contributed by atoms with Crippen LogP contribution in [0, 0.1) is 0 Å². The molecule has 2 heterocycles. The summed E-state index contributed by atoms with van der Waals surface area (Å²) < 4.78 is 18.7. The van der Waals surface area contributed by atoms with Crippen LogP contribution in [0.2, 0.25) is 0 Å². The molecule has 2 aromatic heterocycles. The Labute approximate surface area is 187 Å². The van der Waals surface area contributed by atoms with Crippen LogP contribution in [0.25, 0.3) is 16.9 Å². The maximum Gasteiger partial charge on any atom is 0.165 e. The summed E-state index contributed by atoms with van der Waals surface area (Å²) in [5, 5.41) is 9.96. The molecular formula is C23H20BrN3O4. The molecule has 158 valence electrons. The van der Waals surface area contributed by atoms with E-state index in [1.165, 1.54) is 7.11 Å². The Kier molecular flexibility index (Phi) is 5.81. The molecule has 0 fully saturated rings. The van der Waals surface area contributed by atoms with Crippen molar-refractivity contribution in [2.45, 2.75) is 0 Å². The molecule has 0 radical (unpaired) electrons. The van der Waals surface area contributed by atoms with Crippen molar-refractivity contribution < 1.29 is 19.3 Å². The number of phenols is 1. The number of phenolic OH excluding ortho intramolecular Hbond substituents is 1. The standard InChI is InChI=1S/C23H20BrN3O4/c1-29-18-8-4-14(10-20(18)31-3)12-25-23-22(15-5-7-17(28)19(11-15)30-2)26-21-9-6-16(24)13-27(21)23/h4-13,28H,1-3H3. The van der Waals surface area contributed by atoms with Crippen LogP contribution in [0.4, 0.5) is 5.82 Å². The van der Waals surface area contributed by atoms with Crippen LogP contribution >= 0.6 is 15.9 Å². The zero-order valence-corrected chi connectivity index (χ0v) is 18.8. The molecule has 0 amide bonds. The number of fused-ring (bicyclic) bond motifs is 1. The Balaban J connectivity index is 1.85. The van der Waals surface area contributed by atoms with Crippen molar-refractivity contribution in [3.8, 4) is 34.3 Å². The lowest BCUT2D eigenvalue weighted by Gasteiger charge is -2.08. The highest BCUT2D eigenvalue weighted by Gasteiger charge is 2.16. The first-order chi connectivity index (χ1) is 15.0. The molecule has 4 rings (SSSR count). The summed E-state index contributed by atoms with van der Waals surface area (Å²) in [6, 6.07) is 14.5. The number of ether oxygens (including phenoxy) is 3. The summed E-state index contributed by atoms with van der Waals surface area (Å²) in [7, 11) is 4.70. The van der Waals surface area contributed by atoms with E-state index in [1.54, 1.807) is 38.6 Å². The molecule has 0 saturated carbocycles. The Morgan fingerprint density at radius 1 is 0.935 bits per heavy atom. The van der Waals surface area contributed by atoms with Crippen LogP contribution in [-0.4, -0.2) is 42.0 Å². The zero-order valence-electron chi connectivity index (χ0n) is 17.2. The van der Waals surface area contributed by atoms with Crippen LogP contribution in [-0.2, 0) is 0 Å². The number of hydrogen-bond acceptors (Lipinski definition) is 6. The van der Waals surface area contributed by atoms with E-state index in [2.05, 4.69) is 15.9 Å². The molecule has 0 saturated heterocycles. The van der Waals surface area contributed by atoms with Crippen LogP contribution in [0.3, 0.4) is 0 Å². The van der Waals surface area contributed by atoms with Crippen LogP contribution in [0.15, 0.2) is 64.2 Å². The number of rotatable bonds is 6. The minimum absolute atomic E-state index is 0.0631. The third-order valence-corrected chi connectivity index (χ3v) is 5.22. The number of pyridine rings is 1. The molecule has 0 aliphatic heterocycles. The van der Waals surface area contributed by atoms with Gasteiger partial charge in [0.1, 0.15) is 11.3 Å². The minimum Gasteiger partial charge on any atom is -0.504 e. The van der Waals surface area contributed by atoms with Gasteiger partial charge in [-0.3, -0.25) is 4.40 Å². The van der Waals surface area contributed by atoms with Crippen molar-refractivity contribution in [2.24, 2.45) is 4.99 Å². The number of halogens is 1. The second-order valence-electron chi connectivity index (χ2n) is 6.62. The molecule has 31 heavy (non-hydrogen) atoms. The van der Waals surface area contributed by atoms with Gasteiger partial charge in [-0.25, -0.2) is 9.98 Å². The predicted octanol–water partition coefficient (Wildman–Crippen LogP) is 5.25. The summed E-state index contributed by atoms with van der Waals surface area (Å²) in [5.74, 6) is 2.34. The monoisotopic (exact) mass is 481 g/mol. The number of nitrogens with zero attached hydrogens (tertiary/aromatic N) is 3. The van der Waals surface area contributed by atoms with E-state index in [0.29, 0.717) is 28.8 Å². The van der Waals surface area contributed by atoms with E-state index in [-0.39, 0.29) is 5.75 Å². The van der Waals surface area contributed by atoms with Gasteiger partial charge < -0.3 is 19.3 Å². The molecule has 0 aliphatic rings. The van der Waals surface area contributed by atoms with E-state index >= 15 is 0 Å². The lowest BCUT2D eigenvalue weighted by Crippen LogP contribution is -1.92. The van der Waals surface area contributed by atoms with Crippen molar-refractivity contribution in [3.63, 3.8) is 0 Å². The van der Waals surface area contributed by atoms with Gasteiger partial charge in [0, 0.05) is 22.4 Å². The lowest BCUT2D eigenvalue weighted by molar-refractivity contribution is 0.355. The molecule has 0 bridgehead atoms. The van der Waals surface area contributed by atoms with Crippen molar-refractivity contribution >= 4 is 33.6 Å². The average Bonchev–Trinajstić information content (AvgIpc) is 3.15. The highest BCUT2D eigenvalue weighted by molar-refractivity contribution is 9.10. The molecular weight excluding hydrogens is 462 g/mol. The van der Waals surface area contributed by atoms with Gasteiger partial charge >= 0.3 is 0 Å². The Bertz CT molecular complexity index is 1280. The van der Waals surface area contributed by atoms with E-state index in [4.69, 9.17) is 24.2 Å². The molecule has 0 spiro atoms. The third-order valence-electron chi connectivity index (χ3n) is 4.75. The van der Waals surface area contributed by atoms with Crippen molar-refractivity contribution in [1.29, 1.82) is 0 Å². The normalized spacial score (nSPS) is 11.2. The first kappa shape index (κ1) is 20.7. The summed E-state index contributed by atoms with van der Waals surface area (Å²) in [4.78, 5) is 9.49. The molecule has 0 unspecified atom stereocenters. The molecule has 0 atom stereocenters. The Morgan fingerprint density at radius 3 is 2.45 bits per heavy atom. The molecule has 2 aromatic carbocycles. The van der Waals surface area contributed by atoms with E-state index in [0.717, 1.165) is 21.2 Å². The van der Waals surface area contributed by atoms with E-state index < -0.39 is 0 Å². The van der Waals surface area contributed by atoms with Crippen LogP contribution in [0.5, 0.6) is 23.0 Å². The smallest absolute Gasteiger partial charge is 0.165 e. The Hall–Kier alpha value is -3.52. The van der Waals surface area contributed by atoms with Gasteiger partial charge in [-0.1, -0.05) is 0 Å². The van der Waals surface area contributed by atoms with Gasteiger partial charge in [0.2, 0.25) is 0 Å². The summed E-state index contributed by atoms with van der Waals surface area (Å²) in [6.07, 6.45) is 3.65. The number of benzene rings is 2. The molecule has 8 heteroatoms. The quantitative estimate of drug-likeness (QED) is 0.380. The zero-order chi connectivity index (χ0) is 22.0. The number of hydrogen-bond donors (Lipinski definition) is 1. The largest absolute Gasteiger partial charge is 0.504 e. The highest BCUT2D eigenvalue weighted by atomic mass is 79.9. The second-order valence-corrected chi connectivity index (χ2v) is 7.53. The lowest BCUT2D eigenvalue weighted by atomic mass is 10.1. The maximum atomic E-state index is 9.96. The maximum absolute atomic E-state index is 9.96. The molecule has 4 aromatic rings. The third kappa shape index (κ3) is 4.06. The van der Waals surface area contributed by atoms with Crippen molar-refractivity contribution in [2.75, 3.05) is 21.3 Å². The topological polar surface area (TPSA) is 77.6 Å². The first-order valence-corrected chi connectivity index (χ1v) is 10.1. The second kappa shape index (κ2) is 8.69. The van der Waals surface area contributed by atoms with Gasteiger partial charge in [-0.2, -0.15) is 0 Å². The number of methoxy groups -OCH3 is 3. The first-order valence-electron chi connectivity index (χ1n) is 9.35. The Morgan fingerprint density at radius 2 is 1.71 bits per heavy atom. The molecule has 7 nitrogen and oxygen atoms in total. The fraction of sp³-hybridized carbons (Fsp3) is 0.130. The van der Waals surface area contributed by atoms with E-state index in [9.17, 15) is 5.11 Å². The number of imidazole rings is 1. The number of aromatic hydroxyl groups is 1. The van der Waals surface area contributed by atoms with Gasteiger partial charge in [-0.05, 0) is 70.0 Å².